The summed E-state index contributed by atoms with van der Waals surface area (Å²) in [6.45, 7) is 3.81. The number of hydrogen-bond acceptors (Lipinski definition) is 5. The lowest BCUT2D eigenvalue weighted by Gasteiger charge is -2.27. The highest BCUT2D eigenvalue weighted by molar-refractivity contribution is 7.99. The van der Waals surface area contributed by atoms with Gasteiger partial charge in [-0.05, 0) is 69.6 Å². The molecule has 1 aliphatic rings. The molecule has 0 saturated carbocycles. The van der Waals surface area contributed by atoms with Crippen LogP contribution in [0.15, 0.2) is 75.2 Å². The van der Waals surface area contributed by atoms with Gasteiger partial charge >= 0.3 is 0 Å². The van der Waals surface area contributed by atoms with Gasteiger partial charge in [-0.25, -0.2) is 0 Å². The summed E-state index contributed by atoms with van der Waals surface area (Å²) in [6.07, 6.45) is 1.82. The molecule has 2 atom stereocenters. The molecule has 156 valence electrons. The summed E-state index contributed by atoms with van der Waals surface area (Å²) in [5, 5.41) is 5.08. The van der Waals surface area contributed by atoms with Crippen molar-refractivity contribution in [2.24, 2.45) is 0 Å². The minimum atomic E-state index is -0.0516. The van der Waals surface area contributed by atoms with Crippen LogP contribution in [0.2, 0.25) is 0 Å². The molecule has 1 saturated heterocycles. The summed E-state index contributed by atoms with van der Waals surface area (Å²) in [6, 6.07) is 18.5. The fourth-order valence-corrected chi connectivity index (χ4v) is 4.64. The molecule has 1 fully saturated rings. The monoisotopic (exact) mass is 438 g/mol. The van der Waals surface area contributed by atoms with Gasteiger partial charge < -0.3 is 19.5 Å². The molecule has 0 bridgehead atoms. The number of nitrogens with zero attached hydrogens (tertiary/aromatic N) is 3. The van der Waals surface area contributed by atoms with Crippen LogP contribution in [-0.2, 0) is 0 Å². The number of hydrogen-bond donors (Lipinski definition) is 1. The average Bonchev–Trinajstić information content (AvgIpc) is 3.32. The van der Waals surface area contributed by atoms with Crippen molar-refractivity contribution in [1.82, 2.24) is 20.1 Å². The second-order valence-corrected chi connectivity index (χ2v) is 9.16. The molecular weight excluding hydrogens is 412 g/mol. The number of pyridine rings is 1. The highest BCUT2D eigenvalue weighted by atomic mass is 32.2. The minimum absolute atomic E-state index is 0.0419. The van der Waals surface area contributed by atoms with E-state index in [1.807, 2.05) is 30.5 Å². The third-order valence-corrected chi connectivity index (χ3v) is 6.40. The third-order valence-electron chi connectivity index (χ3n) is 5.12. The lowest BCUT2D eigenvalue weighted by molar-refractivity contribution is 0.239. The van der Waals surface area contributed by atoms with Crippen LogP contribution in [0.4, 0.5) is 0 Å². The summed E-state index contributed by atoms with van der Waals surface area (Å²) in [5.41, 5.74) is 2.21. The maximum Gasteiger partial charge on any atom is 0.170 e. The van der Waals surface area contributed by atoms with Gasteiger partial charge in [0.1, 0.15) is 11.8 Å². The van der Waals surface area contributed by atoms with Crippen molar-refractivity contribution in [2.75, 3.05) is 27.2 Å². The van der Waals surface area contributed by atoms with Crippen molar-refractivity contribution in [3.63, 3.8) is 0 Å². The first kappa shape index (κ1) is 20.9. The normalized spacial score (nSPS) is 18.8. The predicted octanol–water partition coefficient (Wildman–Crippen LogP) is 4.67. The fourth-order valence-electron chi connectivity index (χ4n) is 3.53. The van der Waals surface area contributed by atoms with E-state index >= 15 is 0 Å². The van der Waals surface area contributed by atoms with Crippen LogP contribution in [-0.4, -0.2) is 47.1 Å². The first-order chi connectivity index (χ1) is 14.5. The zero-order valence-corrected chi connectivity index (χ0v) is 19.0. The van der Waals surface area contributed by atoms with E-state index in [0.717, 1.165) is 39.6 Å². The maximum absolute atomic E-state index is 6.32. The van der Waals surface area contributed by atoms with Gasteiger partial charge in [0, 0.05) is 24.2 Å². The zero-order valence-electron chi connectivity index (χ0n) is 17.4. The second kappa shape index (κ2) is 9.20. The van der Waals surface area contributed by atoms with Gasteiger partial charge in [0.15, 0.2) is 10.2 Å². The third kappa shape index (κ3) is 4.69. The Labute approximate surface area is 187 Å². The van der Waals surface area contributed by atoms with Crippen molar-refractivity contribution in [2.45, 2.75) is 29.0 Å². The molecule has 0 amide bonds. The Morgan fingerprint density at radius 3 is 2.63 bits per heavy atom. The van der Waals surface area contributed by atoms with Crippen LogP contribution >= 0.6 is 24.0 Å². The van der Waals surface area contributed by atoms with Crippen molar-refractivity contribution < 1.29 is 4.42 Å². The van der Waals surface area contributed by atoms with Crippen LogP contribution < -0.4 is 5.32 Å². The van der Waals surface area contributed by atoms with E-state index in [1.54, 1.807) is 11.8 Å². The van der Waals surface area contributed by atoms with Crippen LogP contribution in [0.1, 0.15) is 29.1 Å². The van der Waals surface area contributed by atoms with Gasteiger partial charge in [0.25, 0.3) is 0 Å². The van der Waals surface area contributed by atoms with Gasteiger partial charge in [0.05, 0.1) is 11.7 Å². The number of aromatic nitrogens is 1. The second-order valence-electron chi connectivity index (χ2n) is 7.70. The van der Waals surface area contributed by atoms with E-state index in [9.17, 15) is 0 Å². The Morgan fingerprint density at radius 2 is 1.93 bits per heavy atom. The molecule has 0 spiro atoms. The van der Waals surface area contributed by atoms with Gasteiger partial charge in [-0.15, -0.1) is 0 Å². The molecule has 2 aromatic heterocycles. The van der Waals surface area contributed by atoms with E-state index in [4.69, 9.17) is 16.6 Å². The van der Waals surface area contributed by atoms with E-state index in [0.29, 0.717) is 0 Å². The highest BCUT2D eigenvalue weighted by Gasteiger charge is 2.41. The minimum Gasteiger partial charge on any atom is -0.452 e. The standard InChI is InChI=1S/C23H26N4OS2/c1-16-7-9-17(10-8-16)30-20-12-11-19(28-20)22-21(18-6-4-5-13-24-18)25-23(29)27(22)15-14-26(2)3/h4-13,21-22H,14-15H2,1-3H3,(H,25,29)/t21-,22+/m0/s1. The number of rotatable bonds is 7. The van der Waals surface area contributed by atoms with Crippen molar-refractivity contribution in [3.05, 3.63) is 77.8 Å². The fraction of sp³-hybridized carbons (Fsp3) is 0.304. The van der Waals surface area contributed by atoms with Crippen LogP contribution in [0.25, 0.3) is 0 Å². The number of thiocarbonyl (C=S) groups is 1. The molecule has 1 aliphatic heterocycles. The van der Waals surface area contributed by atoms with E-state index in [2.05, 4.69) is 71.5 Å². The van der Waals surface area contributed by atoms with E-state index in [-0.39, 0.29) is 12.1 Å². The molecule has 0 radical (unpaired) electrons. The van der Waals surface area contributed by atoms with Crippen LogP contribution in [0.5, 0.6) is 0 Å². The molecule has 0 unspecified atom stereocenters. The molecule has 7 heteroatoms. The molecule has 3 aromatic rings. The number of furan rings is 1. The Balaban J connectivity index is 1.62. The topological polar surface area (TPSA) is 44.5 Å². The summed E-state index contributed by atoms with van der Waals surface area (Å²) in [5.74, 6) is 0.895. The highest BCUT2D eigenvalue weighted by Crippen LogP contribution is 2.41. The van der Waals surface area contributed by atoms with Gasteiger partial charge in [-0.2, -0.15) is 0 Å². The lowest BCUT2D eigenvalue weighted by Crippen LogP contribution is -2.35. The predicted molar refractivity (Wildman–Crippen MR) is 125 cm³/mol. The molecule has 3 heterocycles. The number of likely N-dealkylation sites (N-methyl/N-ethyl adjacent to an activating group) is 1. The summed E-state index contributed by atoms with van der Waals surface area (Å²) < 4.78 is 6.32. The molecule has 30 heavy (non-hydrogen) atoms. The molecule has 0 aliphatic carbocycles. The average molecular weight is 439 g/mol. The number of benzene rings is 1. The molecule has 4 rings (SSSR count). The quantitative estimate of drug-likeness (QED) is 0.538. The van der Waals surface area contributed by atoms with E-state index < -0.39 is 0 Å². The molecule has 1 N–H and O–H groups in total. The SMILES string of the molecule is Cc1ccc(Sc2ccc([C@@H]3[C@H](c4ccccn4)NC(=S)N3CCN(C)C)o2)cc1. The first-order valence-electron chi connectivity index (χ1n) is 9.98. The van der Waals surface area contributed by atoms with Gasteiger partial charge in [-0.3, -0.25) is 4.98 Å². The molecule has 1 aromatic carbocycles. The molecule has 5 nitrogen and oxygen atoms in total. The van der Waals surface area contributed by atoms with Gasteiger partial charge in [-0.1, -0.05) is 35.5 Å². The Morgan fingerprint density at radius 1 is 1.13 bits per heavy atom. The maximum atomic E-state index is 6.32. The van der Waals surface area contributed by atoms with Crippen LogP contribution in [0.3, 0.4) is 0 Å². The number of aryl methyl sites for hydroxylation is 1. The Kier molecular flexibility index (Phi) is 6.41. The smallest absolute Gasteiger partial charge is 0.170 e. The lowest BCUT2D eigenvalue weighted by atomic mass is 10.0. The Hall–Kier alpha value is -2.35. The zero-order chi connectivity index (χ0) is 21.1. The molecular formula is C23H26N4OS2. The summed E-state index contributed by atoms with van der Waals surface area (Å²) in [7, 11) is 4.14. The summed E-state index contributed by atoms with van der Waals surface area (Å²) in [4.78, 5) is 10.1. The first-order valence-corrected chi connectivity index (χ1v) is 11.2. The number of nitrogens with one attached hydrogen (secondary N) is 1. The largest absolute Gasteiger partial charge is 0.452 e. The van der Waals surface area contributed by atoms with Crippen LogP contribution in [0, 0.1) is 6.92 Å². The van der Waals surface area contributed by atoms with E-state index in [1.165, 1.54) is 5.56 Å². The van der Waals surface area contributed by atoms with Gasteiger partial charge in [0.2, 0.25) is 0 Å². The summed E-state index contributed by atoms with van der Waals surface area (Å²) >= 11 is 7.32. The van der Waals surface area contributed by atoms with Crippen molar-refractivity contribution >= 4 is 29.1 Å². The Bertz CT molecular complexity index is 988. The van der Waals surface area contributed by atoms with Crippen molar-refractivity contribution in [1.29, 1.82) is 0 Å². The van der Waals surface area contributed by atoms with Crippen molar-refractivity contribution in [3.8, 4) is 0 Å².